The Kier molecular flexibility index (Phi) is 5.90. The van der Waals surface area contributed by atoms with Crippen molar-refractivity contribution >= 4 is 11.7 Å². The SMILES string of the molecule is CCCC(=O)N1[C@H](CO)[C@@H](O)[C@H](O)[C@H]1CC(=O)CC. The second-order valence-corrected chi connectivity index (χ2v) is 4.95. The van der Waals surface area contributed by atoms with Crippen molar-refractivity contribution in [2.45, 2.75) is 63.8 Å². The first kappa shape index (κ1) is 16.1. The van der Waals surface area contributed by atoms with E-state index in [4.69, 9.17) is 0 Å². The number of Topliss-reactive ketones (excluding diaryl/α,β-unsaturated/α-hetero) is 1. The first-order valence-electron chi connectivity index (χ1n) is 6.77. The molecule has 0 radical (unpaired) electrons. The minimum absolute atomic E-state index is 0.0146. The van der Waals surface area contributed by atoms with Crippen molar-refractivity contribution in [1.29, 1.82) is 0 Å². The van der Waals surface area contributed by atoms with E-state index in [-0.39, 0.29) is 24.5 Å². The number of aliphatic hydroxyl groups is 3. The Hall–Kier alpha value is -0.980. The second-order valence-electron chi connectivity index (χ2n) is 4.95. The Morgan fingerprint density at radius 3 is 2.16 bits per heavy atom. The molecule has 0 aromatic rings. The highest BCUT2D eigenvalue weighted by Crippen LogP contribution is 2.28. The minimum Gasteiger partial charge on any atom is -0.394 e. The Morgan fingerprint density at radius 2 is 1.68 bits per heavy atom. The quantitative estimate of drug-likeness (QED) is 0.603. The molecule has 1 fully saturated rings. The smallest absolute Gasteiger partial charge is 0.223 e. The molecular weight excluding hydrogens is 250 g/mol. The third-order valence-electron chi connectivity index (χ3n) is 3.62. The van der Waals surface area contributed by atoms with Gasteiger partial charge in [0.25, 0.3) is 0 Å². The molecule has 1 heterocycles. The van der Waals surface area contributed by atoms with E-state index < -0.39 is 30.9 Å². The molecular formula is C13H23NO5. The molecule has 6 heteroatoms. The minimum atomic E-state index is -1.21. The van der Waals surface area contributed by atoms with Crippen LogP contribution in [-0.2, 0) is 9.59 Å². The summed E-state index contributed by atoms with van der Waals surface area (Å²) >= 11 is 0. The van der Waals surface area contributed by atoms with Gasteiger partial charge in [0.1, 0.15) is 18.0 Å². The number of hydrogen-bond acceptors (Lipinski definition) is 5. The van der Waals surface area contributed by atoms with E-state index in [0.29, 0.717) is 12.8 Å². The van der Waals surface area contributed by atoms with Gasteiger partial charge in [0, 0.05) is 19.3 Å². The highest BCUT2D eigenvalue weighted by Gasteiger charge is 2.49. The summed E-state index contributed by atoms with van der Waals surface area (Å²) in [5.74, 6) is -0.324. The first-order valence-corrected chi connectivity index (χ1v) is 6.77. The second kappa shape index (κ2) is 6.98. The van der Waals surface area contributed by atoms with Gasteiger partial charge in [0.05, 0.1) is 18.7 Å². The highest BCUT2D eigenvalue weighted by molar-refractivity contribution is 5.81. The average molecular weight is 273 g/mol. The molecule has 0 saturated carbocycles. The number of ketones is 1. The van der Waals surface area contributed by atoms with Gasteiger partial charge in [0.2, 0.25) is 5.91 Å². The molecule has 110 valence electrons. The largest absolute Gasteiger partial charge is 0.394 e. The average Bonchev–Trinajstić information content (AvgIpc) is 2.63. The van der Waals surface area contributed by atoms with Gasteiger partial charge in [-0.15, -0.1) is 0 Å². The van der Waals surface area contributed by atoms with Crippen LogP contribution in [0.2, 0.25) is 0 Å². The lowest BCUT2D eigenvalue weighted by molar-refractivity contribution is -0.137. The van der Waals surface area contributed by atoms with Crippen molar-refractivity contribution in [2.24, 2.45) is 0 Å². The summed E-state index contributed by atoms with van der Waals surface area (Å²) in [7, 11) is 0. The fourth-order valence-electron chi connectivity index (χ4n) is 2.54. The molecule has 1 saturated heterocycles. The van der Waals surface area contributed by atoms with Crippen molar-refractivity contribution in [3.05, 3.63) is 0 Å². The Morgan fingerprint density at radius 1 is 1.11 bits per heavy atom. The zero-order chi connectivity index (χ0) is 14.6. The predicted molar refractivity (Wildman–Crippen MR) is 68.3 cm³/mol. The van der Waals surface area contributed by atoms with Crippen LogP contribution in [0.15, 0.2) is 0 Å². The van der Waals surface area contributed by atoms with Crippen LogP contribution in [0.5, 0.6) is 0 Å². The molecule has 1 rings (SSSR count). The van der Waals surface area contributed by atoms with Crippen LogP contribution in [0.1, 0.15) is 39.5 Å². The van der Waals surface area contributed by atoms with Crippen LogP contribution < -0.4 is 0 Å². The van der Waals surface area contributed by atoms with Crippen LogP contribution in [-0.4, -0.2) is 62.8 Å². The maximum atomic E-state index is 12.1. The monoisotopic (exact) mass is 273 g/mol. The molecule has 1 aliphatic heterocycles. The van der Waals surface area contributed by atoms with Gasteiger partial charge in [-0.25, -0.2) is 0 Å². The number of rotatable bonds is 6. The fourth-order valence-corrected chi connectivity index (χ4v) is 2.54. The van der Waals surface area contributed by atoms with Crippen molar-refractivity contribution in [1.82, 2.24) is 4.90 Å². The highest BCUT2D eigenvalue weighted by atomic mass is 16.3. The topological polar surface area (TPSA) is 98.1 Å². The lowest BCUT2D eigenvalue weighted by Crippen LogP contribution is -2.46. The standard InChI is InChI=1S/C13H23NO5/c1-3-5-11(17)14-9(6-8(16)4-2)12(18)13(19)10(14)7-15/h9-10,12-13,15,18-19H,3-7H2,1-2H3/t9-,10-,12-,13-/m1/s1. The zero-order valence-electron chi connectivity index (χ0n) is 11.5. The van der Waals surface area contributed by atoms with E-state index in [1.54, 1.807) is 6.92 Å². The summed E-state index contributed by atoms with van der Waals surface area (Å²) in [6.45, 7) is 3.13. The number of nitrogens with zero attached hydrogens (tertiary/aromatic N) is 1. The summed E-state index contributed by atoms with van der Waals surface area (Å²) < 4.78 is 0. The third-order valence-corrected chi connectivity index (χ3v) is 3.62. The third kappa shape index (κ3) is 3.32. The lowest BCUT2D eigenvalue weighted by atomic mass is 10.0. The van der Waals surface area contributed by atoms with E-state index in [9.17, 15) is 24.9 Å². The summed E-state index contributed by atoms with van der Waals surface area (Å²) in [4.78, 5) is 24.9. The number of carbonyl (C=O) groups excluding carboxylic acids is 2. The van der Waals surface area contributed by atoms with E-state index in [0.717, 1.165) is 0 Å². The van der Waals surface area contributed by atoms with E-state index >= 15 is 0 Å². The zero-order valence-corrected chi connectivity index (χ0v) is 11.5. The molecule has 4 atom stereocenters. The van der Waals surface area contributed by atoms with E-state index in [2.05, 4.69) is 0 Å². The van der Waals surface area contributed by atoms with Gasteiger partial charge in [-0.1, -0.05) is 13.8 Å². The number of likely N-dealkylation sites (tertiary alicyclic amines) is 1. The molecule has 0 aromatic heterocycles. The Labute approximate surface area is 113 Å². The van der Waals surface area contributed by atoms with Crippen LogP contribution in [0.3, 0.4) is 0 Å². The van der Waals surface area contributed by atoms with Crippen LogP contribution in [0, 0.1) is 0 Å². The van der Waals surface area contributed by atoms with Gasteiger partial charge in [-0.05, 0) is 6.42 Å². The number of amides is 1. The number of hydrogen-bond donors (Lipinski definition) is 3. The van der Waals surface area contributed by atoms with Crippen molar-refractivity contribution < 1.29 is 24.9 Å². The van der Waals surface area contributed by atoms with Gasteiger partial charge in [-0.3, -0.25) is 9.59 Å². The van der Waals surface area contributed by atoms with E-state index in [1.807, 2.05) is 6.92 Å². The summed E-state index contributed by atoms with van der Waals surface area (Å²) in [6.07, 6.45) is -1.16. The number of carbonyl (C=O) groups is 2. The molecule has 0 unspecified atom stereocenters. The Balaban J connectivity index is 2.94. The maximum Gasteiger partial charge on any atom is 0.223 e. The molecule has 1 aliphatic rings. The molecule has 6 nitrogen and oxygen atoms in total. The van der Waals surface area contributed by atoms with E-state index in [1.165, 1.54) is 4.90 Å². The molecule has 0 aromatic carbocycles. The molecule has 3 N–H and O–H groups in total. The molecule has 0 spiro atoms. The molecule has 0 aliphatic carbocycles. The van der Waals surface area contributed by atoms with Gasteiger partial charge in [-0.2, -0.15) is 0 Å². The Bertz CT molecular complexity index is 333. The summed E-state index contributed by atoms with van der Waals surface area (Å²) in [6, 6.07) is -1.57. The van der Waals surface area contributed by atoms with Gasteiger partial charge >= 0.3 is 0 Å². The summed E-state index contributed by atoms with van der Waals surface area (Å²) in [5, 5.41) is 29.2. The number of aliphatic hydroxyl groups excluding tert-OH is 3. The maximum absolute atomic E-state index is 12.1. The molecule has 0 bridgehead atoms. The normalized spacial score (nSPS) is 30.7. The van der Waals surface area contributed by atoms with Crippen LogP contribution in [0.4, 0.5) is 0 Å². The summed E-state index contributed by atoms with van der Waals surface area (Å²) in [5.41, 5.74) is 0. The lowest BCUT2D eigenvalue weighted by Gasteiger charge is -2.29. The first-order chi connectivity index (χ1) is 8.97. The predicted octanol–water partition coefficient (Wildman–Crippen LogP) is -0.551. The molecule has 19 heavy (non-hydrogen) atoms. The van der Waals surface area contributed by atoms with Crippen LogP contribution >= 0.6 is 0 Å². The molecule has 1 amide bonds. The van der Waals surface area contributed by atoms with Crippen molar-refractivity contribution in [3.63, 3.8) is 0 Å². The van der Waals surface area contributed by atoms with Crippen molar-refractivity contribution in [2.75, 3.05) is 6.61 Å². The van der Waals surface area contributed by atoms with Gasteiger partial charge < -0.3 is 20.2 Å². The van der Waals surface area contributed by atoms with Crippen molar-refractivity contribution in [3.8, 4) is 0 Å². The fraction of sp³-hybridized carbons (Fsp3) is 0.846. The van der Waals surface area contributed by atoms with Gasteiger partial charge in [0.15, 0.2) is 0 Å². The van der Waals surface area contributed by atoms with Crippen LogP contribution in [0.25, 0.3) is 0 Å².